The maximum absolute atomic E-state index is 12.0. The van der Waals surface area contributed by atoms with Gasteiger partial charge < -0.3 is 15.0 Å². The van der Waals surface area contributed by atoms with Gasteiger partial charge >= 0.3 is 0 Å². The van der Waals surface area contributed by atoms with E-state index in [4.69, 9.17) is 4.74 Å². The normalized spacial score (nSPS) is 14.5. The molecule has 0 aromatic heterocycles. The van der Waals surface area contributed by atoms with Gasteiger partial charge in [0, 0.05) is 13.1 Å². The molecule has 1 fully saturated rings. The van der Waals surface area contributed by atoms with Crippen LogP contribution in [0.5, 0.6) is 5.75 Å². The summed E-state index contributed by atoms with van der Waals surface area (Å²) in [5.74, 6) is 0.774. The lowest BCUT2D eigenvalue weighted by Crippen LogP contribution is -2.36. The minimum atomic E-state index is 0.0569. The molecule has 0 spiro atoms. The molecule has 1 amide bonds. The number of rotatable bonds is 5. The second-order valence-electron chi connectivity index (χ2n) is 4.28. The highest BCUT2D eigenvalue weighted by Crippen LogP contribution is 2.26. The highest BCUT2D eigenvalue weighted by molar-refractivity contribution is 5.95. The van der Waals surface area contributed by atoms with Crippen LogP contribution in [0.4, 0.5) is 5.69 Å². The van der Waals surface area contributed by atoms with Gasteiger partial charge in [-0.2, -0.15) is 0 Å². The fraction of sp³-hybridized carbons (Fsp3) is 0.462. The van der Waals surface area contributed by atoms with Crippen molar-refractivity contribution in [2.75, 3.05) is 25.6 Å². The van der Waals surface area contributed by atoms with E-state index in [1.165, 1.54) is 12.8 Å². The number of methoxy groups -OCH3 is 1. The molecular weight excluding hydrogens is 216 g/mol. The van der Waals surface area contributed by atoms with Gasteiger partial charge in [-0.25, -0.2) is 0 Å². The maximum atomic E-state index is 12.0. The molecule has 4 heteroatoms. The molecule has 0 radical (unpaired) electrons. The molecule has 0 bridgehead atoms. The number of hydrogen-bond donors (Lipinski definition) is 1. The van der Waals surface area contributed by atoms with Gasteiger partial charge in [-0.1, -0.05) is 12.1 Å². The summed E-state index contributed by atoms with van der Waals surface area (Å²) in [4.78, 5) is 13.6. The summed E-state index contributed by atoms with van der Waals surface area (Å²) in [6.07, 6.45) is 2.37. The van der Waals surface area contributed by atoms with Crippen LogP contribution in [0.15, 0.2) is 24.3 Å². The van der Waals surface area contributed by atoms with Crippen LogP contribution in [0, 0.1) is 0 Å². The summed E-state index contributed by atoms with van der Waals surface area (Å²) < 4.78 is 5.24. The molecule has 1 saturated carbocycles. The Balaban J connectivity index is 2.01. The van der Waals surface area contributed by atoms with Crippen molar-refractivity contribution < 1.29 is 9.53 Å². The van der Waals surface area contributed by atoms with E-state index in [1.807, 2.05) is 24.3 Å². The molecule has 1 aromatic rings. The first-order valence-electron chi connectivity index (χ1n) is 5.85. The maximum Gasteiger partial charge on any atom is 0.240 e. The second kappa shape index (κ2) is 5.19. The highest BCUT2D eigenvalue weighted by atomic mass is 16.5. The molecule has 0 aliphatic heterocycles. The first-order chi connectivity index (χ1) is 8.22. The monoisotopic (exact) mass is 234 g/mol. The van der Waals surface area contributed by atoms with Crippen molar-refractivity contribution in [2.24, 2.45) is 0 Å². The van der Waals surface area contributed by atoms with Gasteiger partial charge in [-0.3, -0.25) is 4.79 Å². The molecule has 0 heterocycles. The number of amides is 1. The Morgan fingerprint density at radius 1 is 1.47 bits per heavy atom. The topological polar surface area (TPSA) is 41.6 Å². The molecule has 1 aliphatic rings. The van der Waals surface area contributed by atoms with Crippen molar-refractivity contribution in [1.29, 1.82) is 0 Å². The smallest absolute Gasteiger partial charge is 0.240 e. The Kier molecular flexibility index (Phi) is 3.64. The molecule has 17 heavy (non-hydrogen) atoms. The summed E-state index contributed by atoms with van der Waals surface area (Å²) in [6.45, 7) is 0.388. The molecule has 0 atom stereocenters. The van der Waals surface area contributed by atoms with Crippen molar-refractivity contribution in [3.8, 4) is 5.75 Å². The Morgan fingerprint density at radius 2 is 2.18 bits per heavy atom. The third kappa shape index (κ3) is 2.97. The predicted octanol–water partition coefficient (Wildman–Crippen LogP) is 1.41. The van der Waals surface area contributed by atoms with Gasteiger partial charge in [0.1, 0.15) is 5.75 Å². The number of hydrogen-bond acceptors (Lipinski definition) is 3. The van der Waals surface area contributed by atoms with E-state index in [9.17, 15) is 4.79 Å². The lowest BCUT2D eigenvalue weighted by atomic mass is 10.2. The van der Waals surface area contributed by atoms with Crippen molar-refractivity contribution in [3.05, 3.63) is 24.3 Å². The molecule has 92 valence electrons. The molecule has 1 N–H and O–H groups in total. The second-order valence-corrected chi connectivity index (χ2v) is 4.28. The number of nitrogens with one attached hydrogen (secondary N) is 1. The molecule has 4 nitrogen and oxygen atoms in total. The Morgan fingerprint density at radius 3 is 2.82 bits per heavy atom. The number of likely N-dealkylation sites (N-methyl/N-ethyl adjacent to an activating group) is 1. The van der Waals surface area contributed by atoms with Crippen molar-refractivity contribution in [1.82, 2.24) is 5.32 Å². The molecule has 0 unspecified atom stereocenters. The summed E-state index contributed by atoms with van der Waals surface area (Å²) >= 11 is 0. The summed E-state index contributed by atoms with van der Waals surface area (Å²) in [6, 6.07) is 8.07. The van der Waals surface area contributed by atoms with Crippen LogP contribution in [-0.2, 0) is 4.79 Å². The fourth-order valence-electron chi connectivity index (χ4n) is 1.68. The summed E-state index contributed by atoms with van der Waals surface area (Å²) in [5, 5.41) is 3.21. The first-order valence-corrected chi connectivity index (χ1v) is 5.85. The third-order valence-electron chi connectivity index (χ3n) is 2.94. The van der Waals surface area contributed by atoms with Crippen molar-refractivity contribution in [3.63, 3.8) is 0 Å². The van der Waals surface area contributed by atoms with Crippen LogP contribution in [0.25, 0.3) is 0 Å². The molecule has 2 rings (SSSR count). The van der Waals surface area contributed by atoms with Crippen molar-refractivity contribution >= 4 is 11.6 Å². The van der Waals surface area contributed by atoms with Gasteiger partial charge in [0.25, 0.3) is 0 Å². The number of benzene rings is 1. The average Bonchev–Trinajstić information content (AvgIpc) is 3.19. The van der Waals surface area contributed by atoms with Crippen LogP contribution in [0.2, 0.25) is 0 Å². The van der Waals surface area contributed by atoms with Gasteiger partial charge in [0.2, 0.25) is 5.91 Å². The van der Waals surface area contributed by atoms with E-state index >= 15 is 0 Å². The van der Waals surface area contributed by atoms with Crippen LogP contribution in [0.3, 0.4) is 0 Å². The standard InChI is InChI=1S/C13H18N2O2/c1-15(13(16)9-14-10-7-8-10)11-5-3-4-6-12(11)17-2/h3-6,10,14H,7-9H2,1-2H3. The summed E-state index contributed by atoms with van der Waals surface area (Å²) in [5.41, 5.74) is 0.803. The largest absolute Gasteiger partial charge is 0.495 e. The number of nitrogens with zero attached hydrogens (tertiary/aromatic N) is 1. The molecule has 1 aliphatic carbocycles. The zero-order valence-corrected chi connectivity index (χ0v) is 10.3. The first kappa shape index (κ1) is 11.9. The van der Waals surface area contributed by atoms with Gasteiger partial charge in [-0.05, 0) is 25.0 Å². The lowest BCUT2D eigenvalue weighted by molar-refractivity contribution is -0.117. The molecular formula is C13H18N2O2. The zero-order valence-electron chi connectivity index (χ0n) is 10.3. The van der Waals surface area contributed by atoms with Crippen molar-refractivity contribution in [2.45, 2.75) is 18.9 Å². The minimum absolute atomic E-state index is 0.0569. The van der Waals surface area contributed by atoms with Crippen LogP contribution in [-0.4, -0.2) is 32.7 Å². The van der Waals surface area contributed by atoms with E-state index in [-0.39, 0.29) is 5.91 Å². The van der Waals surface area contributed by atoms with Crippen LogP contribution < -0.4 is 15.0 Å². The average molecular weight is 234 g/mol. The molecule has 1 aromatic carbocycles. The van der Waals surface area contributed by atoms with E-state index in [2.05, 4.69) is 5.32 Å². The highest BCUT2D eigenvalue weighted by Gasteiger charge is 2.22. The van der Waals surface area contributed by atoms with Gasteiger partial charge in [0.15, 0.2) is 0 Å². The zero-order chi connectivity index (χ0) is 12.3. The minimum Gasteiger partial charge on any atom is -0.495 e. The molecule has 0 saturated heterocycles. The number of carbonyl (C=O) groups excluding carboxylic acids is 1. The van der Waals surface area contributed by atoms with Crippen LogP contribution in [0.1, 0.15) is 12.8 Å². The number of ether oxygens (including phenoxy) is 1. The Hall–Kier alpha value is -1.55. The number of para-hydroxylation sites is 2. The number of carbonyl (C=O) groups is 1. The van der Waals surface area contributed by atoms with E-state index in [0.717, 1.165) is 11.4 Å². The van der Waals surface area contributed by atoms with E-state index in [1.54, 1.807) is 19.1 Å². The quantitative estimate of drug-likeness (QED) is 0.837. The van der Waals surface area contributed by atoms with Crippen LogP contribution >= 0.6 is 0 Å². The Bertz CT molecular complexity index is 402. The number of anilines is 1. The lowest BCUT2D eigenvalue weighted by Gasteiger charge is -2.20. The fourth-order valence-corrected chi connectivity index (χ4v) is 1.68. The third-order valence-corrected chi connectivity index (χ3v) is 2.94. The van der Waals surface area contributed by atoms with Gasteiger partial charge in [0.05, 0.1) is 19.3 Å². The SMILES string of the molecule is COc1ccccc1N(C)C(=O)CNC1CC1. The van der Waals surface area contributed by atoms with E-state index < -0.39 is 0 Å². The van der Waals surface area contributed by atoms with Gasteiger partial charge in [-0.15, -0.1) is 0 Å². The van der Waals surface area contributed by atoms with E-state index in [0.29, 0.717) is 12.6 Å². The predicted molar refractivity (Wildman–Crippen MR) is 67.4 cm³/mol. The summed E-state index contributed by atoms with van der Waals surface area (Å²) in [7, 11) is 3.38. The Labute approximate surface area is 102 Å².